The number of nitrogens with one attached hydrogen (secondary N) is 1. The molecule has 0 rings (SSSR count). The zero-order chi connectivity index (χ0) is 11.6. The standard InChI is InChI=1S/C10H22N2O2/c1-9(2,3)11-8(13)12(6)7-10(4,5)14/h14H,7H2,1-6H3,(H,11,13). The first kappa shape index (κ1) is 13.2. The molecular formula is C10H22N2O2. The van der Waals surface area contributed by atoms with Crippen molar-refractivity contribution in [3.63, 3.8) is 0 Å². The maximum absolute atomic E-state index is 11.5. The van der Waals surface area contributed by atoms with Gasteiger partial charge < -0.3 is 15.3 Å². The molecule has 0 radical (unpaired) electrons. The minimum Gasteiger partial charge on any atom is -0.389 e. The smallest absolute Gasteiger partial charge is 0.317 e. The molecular weight excluding hydrogens is 180 g/mol. The van der Waals surface area contributed by atoms with Gasteiger partial charge in [0, 0.05) is 12.6 Å². The minimum absolute atomic E-state index is 0.167. The molecule has 2 N–H and O–H groups in total. The van der Waals surface area contributed by atoms with Crippen molar-refractivity contribution in [2.45, 2.75) is 45.8 Å². The van der Waals surface area contributed by atoms with E-state index in [0.29, 0.717) is 6.54 Å². The van der Waals surface area contributed by atoms with Crippen molar-refractivity contribution in [1.29, 1.82) is 0 Å². The third-order valence-corrected chi connectivity index (χ3v) is 1.45. The Morgan fingerprint density at radius 1 is 1.29 bits per heavy atom. The van der Waals surface area contributed by atoms with E-state index in [1.807, 2.05) is 20.8 Å². The molecule has 0 saturated heterocycles. The molecule has 0 aromatic carbocycles. The summed E-state index contributed by atoms with van der Waals surface area (Å²) in [7, 11) is 1.67. The number of carbonyl (C=O) groups is 1. The van der Waals surface area contributed by atoms with E-state index in [0.717, 1.165) is 0 Å². The molecule has 0 bridgehead atoms. The molecule has 0 aromatic heterocycles. The molecule has 0 unspecified atom stereocenters. The van der Waals surface area contributed by atoms with Gasteiger partial charge in [-0.15, -0.1) is 0 Å². The maximum atomic E-state index is 11.5. The van der Waals surface area contributed by atoms with Crippen LogP contribution in [-0.4, -0.2) is 40.8 Å². The van der Waals surface area contributed by atoms with Crippen LogP contribution in [0.1, 0.15) is 34.6 Å². The quantitative estimate of drug-likeness (QED) is 0.707. The van der Waals surface area contributed by atoms with Crippen molar-refractivity contribution in [2.24, 2.45) is 0 Å². The number of nitrogens with zero attached hydrogens (tertiary/aromatic N) is 1. The fraction of sp³-hybridized carbons (Fsp3) is 0.900. The molecule has 0 aliphatic carbocycles. The van der Waals surface area contributed by atoms with E-state index < -0.39 is 5.60 Å². The van der Waals surface area contributed by atoms with Crippen LogP contribution in [0, 0.1) is 0 Å². The second-order valence-electron chi connectivity index (χ2n) is 5.35. The van der Waals surface area contributed by atoms with Crippen molar-refractivity contribution in [1.82, 2.24) is 10.2 Å². The van der Waals surface area contributed by atoms with E-state index in [-0.39, 0.29) is 11.6 Å². The van der Waals surface area contributed by atoms with Crippen LogP contribution < -0.4 is 5.32 Å². The largest absolute Gasteiger partial charge is 0.389 e. The predicted molar refractivity (Wildman–Crippen MR) is 57.2 cm³/mol. The van der Waals surface area contributed by atoms with Crippen LogP contribution in [-0.2, 0) is 0 Å². The minimum atomic E-state index is -0.857. The Bertz CT molecular complexity index is 201. The maximum Gasteiger partial charge on any atom is 0.317 e. The highest BCUT2D eigenvalue weighted by Gasteiger charge is 2.22. The molecule has 0 atom stereocenters. The average molecular weight is 202 g/mol. The van der Waals surface area contributed by atoms with Gasteiger partial charge in [0.05, 0.1) is 12.1 Å². The zero-order valence-electron chi connectivity index (χ0n) is 10.0. The zero-order valence-corrected chi connectivity index (χ0v) is 10.0. The summed E-state index contributed by atoms with van der Waals surface area (Å²) in [5, 5.41) is 12.3. The first-order chi connectivity index (χ1) is 6.01. The normalized spacial score (nSPS) is 12.5. The number of carbonyl (C=O) groups excluding carboxylic acids is 1. The molecule has 0 aliphatic rings. The topological polar surface area (TPSA) is 52.6 Å². The summed E-state index contributed by atoms with van der Waals surface area (Å²) < 4.78 is 0. The summed E-state index contributed by atoms with van der Waals surface area (Å²) in [5.41, 5.74) is -1.10. The van der Waals surface area contributed by atoms with Crippen LogP contribution in [0.2, 0.25) is 0 Å². The summed E-state index contributed by atoms with van der Waals surface area (Å²) in [6.45, 7) is 9.42. The van der Waals surface area contributed by atoms with Gasteiger partial charge in [-0.3, -0.25) is 0 Å². The molecule has 4 nitrogen and oxygen atoms in total. The van der Waals surface area contributed by atoms with Gasteiger partial charge in [0.25, 0.3) is 0 Å². The van der Waals surface area contributed by atoms with Crippen LogP contribution >= 0.6 is 0 Å². The van der Waals surface area contributed by atoms with E-state index in [9.17, 15) is 9.90 Å². The van der Waals surface area contributed by atoms with Gasteiger partial charge in [0.15, 0.2) is 0 Å². The Kier molecular flexibility index (Phi) is 3.94. The fourth-order valence-electron chi connectivity index (χ4n) is 1.07. The van der Waals surface area contributed by atoms with Crippen LogP contribution in [0.5, 0.6) is 0 Å². The highest BCUT2D eigenvalue weighted by Crippen LogP contribution is 2.05. The van der Waals surface area contributed by atoms with Crippen molar-refractivity contribution in [3.8, 4) is 0 Å². The lowest BCUT2D eigenvalue weighted by molar-refractivity contribution is 0.0523. The summed E-state index contributed by atoms with van der Waals surface area (Å²) in [6.07, 6.45) is 0. The van der Waals surface area contributed by atoms with Gasteiger partial charge in [-0.2, -0.15) is 0 Å². The Hall–Kier alpha value is -0.770. The van der Waals surface area contributed by atoms with Gasteiger partial charge >= 0.3 is 6.03 Å². The second-order valence-corrected chi connectivity index (χ2v) is 5.35. The lowest BCUT2D eigenvalue weighted by Gasteiger charge is -2.29. The lowest BCUT2D eigenvalue weighted by Crippen LogP contribution is -2.50. The number of aliphatic hydroxyl groups is 1. The predicted octanol–water partition coefficient (Wildman–Crippen LogP) is 1.20. The molecule has 2 amide bonds. The molecule has 0 aromatic rings. The van der Waals surface area contributed by atoms with Crippen molar-refractivity contribution < 1.29 is 9.90 Å². The van der Waals surface area contributed by atoms with Crippen LogP contribution in [0.3, 0.4) is 0 Å². The first-order valence-electron chi connectivity index (χ1n) is 4.77. The van der Waals surface area contributed by atoms with Crippen LogP contribution in [0.4, 0.5) is 4.79 Å². The number of likely N-dealkylation sites (N-methyl/N-ethyl adjacent to an activating group) is 1. The van der Waals surface area contributed by atoms with Gasteiger partial charge in [-0.25, -0.2) is 4.79 Å². The first-order valence-corrected chi connectivity index (χ1v) is 4.77. The van der Waals surface area contributed by atoms with Crippen molar-refractivity contribution in [2.75, 3.05) is 13.6 Å². The Morgan fingerprint density at radius 3 is 2.00 bits per heavy atom. The monoisotopic (exact) mass is 202 g/mol. The molecule has 0 fully saturated rings. The van der Waals surface area contributed by atoms with E-state index in [1.165, 1.54) is 4.90 Å². The fourth-order valence-corrected chi connectivity index (χ4v) is 1.07. The number of amides is 2. The van der Waals surface area contributed by atoms with E-state index >= 15 is 0 Å². The summed E-state index contributed by atoms with van der Waals surface area (Å²) in [6, 6.07) is -0.167. The second kappa shape index (κ2) is 4.17. The number of urea groups is 1. The molecule has 0 saturated carbocycles. The number of hydrogen-bond acceptors (Lipinski definition) is 2. The van der Waals surface area contributed by atoms with Gasteiger partial charge in [-0.05, 0) is 34.6 Å². The van der Waals surface area contributed by atoms with Gasteiger partial charge in [0.1, 0.15) is 0 Å². The van der Waals surface area contributed by atoms with E-state index in [2.05, 4.69) is 5.32 Å². The Labute approximate surface area is 86.3 Å². The molecule has 14 heavy (non-hydrogen) atoms. The van der Waals surface area contributed by atoms with Gasteiger partial charge in [-0.1, -0.05) is 0 Å². The summed E-state index contributed by atoms with van der Waals surface area (Å²) in [5.74, 6) is 0. The van der Waals surface area contributed by atoms with E-state index in [1.54, 1.807) is 20.9 Å². The highest BCUT2D eigenvalue weighted by molar-refractivity contribution is 5.74. The Morgan fingerprint density at radius 2 is 1.71 bits per heavy atom. The number of rotatable bonds is 2. The third-order valence-electron chi connectivity index (χ3n) is 1.45. The van der Waals surface area contributed by atoms with Crippen molar-refractivity contribution in [3.05, 3.63) is 0 Å². The molecule has 0 spiro atoms. The molecule has 4 heteroatoms. The summed E-state index contributed by atoms with van der Waals surface area (Å²) in [4.78, 5) is 13.0. The SMILES string of the molecule is CN(CC(C)(C)O)C(=O)NC(C)(C)C. The third kappa shape index (κ3) is 6.71. The average Bonchev–Trinajstić information content (AvgIpc) is 1.78. The number of hydrogen-bond donors (Lipinski definition) is 2. The van der Waals surface area contributed by atoms with E-state index in [4.69, 9.17) is 0 Å². The van der Waals surface area contributed by atoms with Crippen molar-refractivity contribution >= 4 is 6.03 Å². The highest BCUT2D eigenvalue weighted by atomic mass is 16.3. The lowest BCUT2D eigenvalue weighted by atomic mass is 10.1. The van der Waals surface area contributed by atoms with Crippen LogP contribution in [0.15, 0.2) is 0 Å². The molecule has 0 aliphatic heterocycles. The van der Waals surface area contributed by atoms with Crippen LogP contribution in [0.25, 0.3) is 0 Å². The molecule has 0 heterocycles. The molecule has 84 valence electrons. The van der Waals surface area contributed by atoms with Gasteiger partial charge in [0.2, 0.25) is 0 Å². The summed E-state index contributed by atoms with van der Waals surface area (Å²) >= 11 is 0. The Balaban J connectivity index is 4.15.